The molecule has 0 aliphatic heterocycles. The van der Waals surface area contributed by atoms with E-state index in [0.29, 0.717) is 5.76 Å². The maximum absolute atomic E-state index is 14.6. The lowest BCUT2D eigenvalue weighted by molar-refractivity contribution is -0.121. The van der Waals surface area contributed by atoms with Crippen LogP contribution >= 0.6 is 0 Å². The highest BCUT2D eigenvalue weighted by Gasteiger charge is 2.24. The molecule has 2 aromatic heterocycles. The molecule has 4 aromatic rings. The predicted octanol–water partition coefficient (Wildman–Crippen LogP) is 4.88. The zero-order valence-electron chi connectivity index (χ0n) is 14.9. The largest absolute Gasteiger partial charge is 0.467 e. The molecule has 28 heavy (non-hydrogen) atoms. The third-order valence-electron chi connectivity index (χ3n) is 4.76. The van der Waals surface area contributed by atoms with Crippen LogP contribution in [0.3, 0.4) is 0 Å². The number of carbonyl (C=O) groups excluding carboxylic acids is 1. The summed E-state index contributed by atoms with van der Waals surface area (Å²) in [5.74, 6) is -1.51. The van der Waals surface area contributed by atoms with Crippen LogP contribution in [-0.4, -0.2) is 10.9 Å². The van der Waals surface area contributed by atoms with Crippen LogP contribution in [0.4, 0.5) is 8.78 Å². The number of aromatic nitrogens is 1. The standard InChI is InChI=1S/C22H18F2N2O2/c23-14-7-8-16(20(24)10-14)18(11-22(27)26-12-15-4-3-9-28-15)19-13-25-21-6-2-1-5-17(19)21/h1-10,13,18,25H,11-12H2,(H,26,27)/t18-/m0/s1. The molecule has 2 aromatic carbocycles. The van der Waals surface area contributed by atoms with Gasteiger partial charge in [-0.05, 0) is 35.4 Å². The van der Waals surface area contributed by atoms with Crippen LogP contribution in [-0.2, 0) is 11.3 Å². The fourth-order valence-corrected chi connectivity index (χ4v) is 3.41. The second-order valence-corrected chi connectivity index (χ2v) is 6.57. The van der Waals surface area contributed by atoms with Gasteiger partial charge in [-0.1, -0.05) is 24.3 Å². The monoisotopic (exact) mass is 380 g/mol. The molecule has 2 heterocycles. The van der Waals surface area contributed by atoms with Crippen LogP contribution in [0.15, 0.2) is 71.5 Å². The van der Waals surface area contributed by atoms with E-state index in [4.69, 9.17) is 4.42 Å². The van der Waals surface area contributed by atoms with Crippen molar-refractivity contribution in [3.8, 4) is 0 Å². The average molecular weight is 380 g/mol. The Hall–Kier alpha value is -3.41. The van der Waals surface area contributed by atoms with Crippen LogP contribution < -0.4 is 5.32 Å². The molecule has 1 amide bonds. The van der Waals surface area contributed by atoms with Crippen LogP contribution in [0.5, 0.6) is 0 Å². The Morgan fingerprint density at radius 2 is 1.93 bits per heavy atom. The molecule has 0 aliphatic carbocycles. The van der Waals surface area contributed by atoms with Gasteiger partial charge in [-0.3, -0.25) is 4.79 Å². The summed E-state index contributed by atoms with van der Waals surface area (Å²) in [6, 6.07) is 14.6. The Morgan fingerprint density at radius 3 is 2.71 bits per heavy atom. The fraction of sp³-hybridized carbons (Fsp3) is 0.136. The molecule has 6 heteroatoms. The lowest BCUT2D eigenvalue weighted by Gasteiger charge is -2.18. The first-order valence-corrected chi connectivity index (χ1v) is 8.92. The van der Waals surface area contributed by atoms with Gasteiger partial charge in [-0.2, -0.15) is 0 Å². The second-order valence-electron chi connectivity index (χ2n) is 6.57. The zero-order chi connectivity index (χ0) is 19.5. The molecule has 0 aliphatic rings. The highest BCUT2D eigenvalue weighted by atomic mass is 19.1. The minimum Gasteiger partial charge on any atom is -0.467 e. The summed E-state index contributed by atoms with van der Waals surface area (Å²) in [5.41, 5.74) is 1.95. The van der Waals surface area contributed by atoms with Gasteiger partial charge in [0.2, 0.25) is 5.91 Å². The number of amides is 1. The first-order valence-electron chi connectivity index (χ1n) is 8.92. The summed E-state index contributed by atoms with van der Waals surface area (Å²) >= 11 is 0. The first-order chi connectivity index (χ1) is 13.6. The Labute approximate surface area is 160 Å². The van der Waals surface area contributed by atoms with Crippen molar-refractivity contribution in [1.29, 1.82) is 0 Å². The molecule has 0 saturated heterocycles. The van der Waals surface area contributed by atoms with Gasteiger partial charge in [0.05, 0.1) is 12.8 Å². The van der Waals surface area contributed by atoms with Gasteiger partial charge in [0.1, 0.15) is 17.4 Å². The van der Waals surface area contributed by atoms with Gasteiger partial charge >= 0.3 is 0 Å². The number of furan rings is 1. The normalized spacial score (nSPS) is 12.2. The summed E-state index contributed by atoms with van der Waals surface area (Å²) in [7, 11) is 0. The van der Waals surface area contributed by atoms with E-state index in [9.17, 15) is 13.6 Å². The number of rotatable bonds is 6. The Bertz CT molecular complexity index is 1100. The first kappa shape index (κ1) is 18.0. The molecule has 1 atom stereocenters. The summed E-state index contributed by atoms with van der Waals surface area (Å²) in [5, 5.41) is 3.68. The van der Waals surface area contributed by atoms with Crippen LogP contribution in [0.25, 0.3) is 10.9 Å². The zero-order valence-corrected chi connectivity index (χ0v) is 14.9. The van der Waals surface area contributed by atoms with Gasteiger partial charge in [-0.25, -0.2) is 8.78 Å². The summed E-state index contributed by atoms with van der Waals surface area (Å²) in [4.78, 5) is 15.7. The predicted molar refractivity (Wildman–Crippen MR) is 102 cm³/mol. The molecule has 4 rings (SSSR count). The van der Waals surface area contributed by atoms with Crippen molar-refractivity contribution in [2.45, 2.75) is 18.9 Å². The van der Waals surface area contributed by atoms with Crippen molar-refractivity contribution in [3.63, 3.8) is 0 Å². The third-order valence-corrected chi connectivity index (χ3v) is 4.76. The van der Waals surface area contributed by atoms with E-state index in [1.165, 1.54) is 18.4 Å². The minimum absolute atomic E-state index is 0.0190. The van der Waals surface area contributed by atoms with Crippen molar-refractivity contribution in [3.05, 3.63) is 95.6 Å². The van der Waals surface area contributed by atoms with Crippen molar-refractivity contribution in [2.24, 2.45) is 0 Å². The number of benzene rings is 2. The van der Waals surface area contributed by atoms with E-state index >= 15 is 0 Å². The smallest absolute Gasteiger partial charge is 0.221 e. The number of H-pyrrole nitrogens is 1. The molecule has 0 fully saturated rings. The van der Waals surface area contributed by atoms with E-state index < -0.39 is 17.6 Å². The second kappa shape index (κ2) is 7.68. The van der Waals surface area contributed by atoms with E-state index in [1.54, 1.807) is 18.3 Å². The maximum atomic E-state index is 14.6. The topological polar surface area (TPSA) is 58.0 Å². The maximum Gasteiger partial charge on any atom is 0.221 e. The number of para-hydroxylation sites is 1. The van der Waals surface area contributed by atoms with E-state index in [2.05, 4.69) is 10.3 Å². The van der Waals surface area contributed by atoms with E-state index in [-0.39, 0.29) is 24.4 Å². The number of carbonyl (C=O) groups is 1. The van der Waals surface area contributed by atoms with Crippen LogP contribution in [0.2, 0.25) is 0 Å². The van der Waals surface area contributed by atoms with Crippen molar-refractivity contribution in [1.82, 2.24) is 10.3 Å². The van der Waals surface area contributed by atoms with Gasteiger partial charge < -0.3 is 14.7 Å². The molecule has 0 spiro atoms. The molecular formula is C22H18F2N2O2. The molecule has 2 N–H and O–H groups in total. The quantitative estimate of drug-likeness (QED) is 0.501. The highest BCUT2D eigenvalue weighted by molar-refractivity contribution is 5.86. The Kier molecular flexibility index (Phi) is 4.93. The Balaban J connectivity index is 1.66. The van der Waals surface area contributed by atoms with Gasteiger partial charge in [0, 0.05) is 35.5 Å². The number of nitrogens with one attached hydrogen (secondary N) is 2. The van der Waals surface area contributed by atoms with Gasteiger partial charge in [0.15, 0.2) is 0 Å². The molecular weight excluding hydrogens is 362 g/mol. The molecule has 0 bridgehead atoms. The summed E-state index contributed by atoms with van der Waals surface area (Å²) < 4.78 is 33.2. The fourth-order valence-electron chi connectivity index (χ4n) is 3.41. The highest BCUT2D eigenvalue weighted by Crippen LogP contribution is 2.34. The summed E-state index contributed by atoms with van der Waals surface area (Å²) in [6.45, 7) is 0.248. The number of hydrogen-bond donors (Lipinski definition) is 2. The lowest BCUT2D eigenvalue weighted by atomic mass is 9.87. The molecule has 0 radical (unpaired) electrons. The molecule has 0 saturated carbocycles. The van der Waals surface area contributed by atoms with Crippen molar-refractivity contribution >= 4 is 16.8 Å². The van der Waals surface area contributed by atoms with Crippen molar-refractivity contribution in [2.75, 3.05) is 0 Å². The minimum atomic E-state index is -0.672. The summed E-state index contributed by atoms with van der Waals surface area (Å²) in [6.07, 6.45) is 3.33. The van der Waals surface area contributed by atoms with Crippen molar-refractivity contribution < 1.29 is 18.0 Å². The van der Waals surface area contributed by atoms with Gasteiger partial charge in [-0.15, -0.1) is 0 Å². The van der Waals surface area contributed by atoms with Crippen LogP contribution in [0, 0.1) is 11.6 Å². The van der Waals surface area contributed by atoms with E-state index in [1.807, 2.05) is 24.3 Å². The van der Waals surface area contributed by atoms with E-state index in [0.717, 1.165) is 22.5 Å². The third kappa shape index (κ3) is 3.67. The number of halogens is 2. The molecule has 0 unspecified atom stereocenters. The Morgan fingerprint density at radius 1 is 1.07 bits per heavy atom. The number of hydrogen-bond acceptors (Lipinski definition) is 2. The number of aromatic amines is 1. The number of fused-ring (bicyclic) bond motifs is 1. The molecule has 4 nitrogen and oxygen atoms in total. The average Bonchev–Trinajstić information content (AvgIpc) is 3.35. The van der Waals surface area contributed by atoms with Crippen LogP contribution in [0.1, 0.15) is 29.2 Å². The molecule has 142 valence electrons. The SMILES string of the molecule is O=C(C[C@@H](c1ccc(F)cc1F)c1c[nH]c2ccccc12)NCc1ccco1. The lowest BCUT2D eigenvalue weighted by Crippen LogP contribution is -2.25. The van der Waals surface area contributed by atoms with Gasteiger partial charge in [0.25, 0.3) is 0 Å².